The van der Waals surface area contributed by atoms with Gasteiger partial charge in [0.15, 0.2) is 0 Å². The summed E-state index contributed by atoms with van der Waals surface area (Å²) in [6.45, 7) is 2.59. The average Bonchev–Trinajstić information content (AvgIpc) is 3.40. The van der Waals surface area contributed by atoms with E-state index in [4.69, 9.17) is 11.6 Å². The Morgan fingerprint density at radius 1 is 1.24 bits per heavy atom. The Hall–Kier alpha value is -2.95. The molecule has 11 heteroatoms. The number of hydrazine groups is 1. The number of aromatic nitrogens is 3. The van der Waals surface area contributed by atoms with E-state index in [0.717, 1.165) is 28.1 Å². The van der Waals surface area contributed by atoms with E-state index in [0.29, 0.717) is 18.0 Å². The molecule has 0 bridgehead atoms. The first-order valence-corrected chi connectivity index (χ1v) is 11.1. The highest BCUT2D eigenvalue weighted by Crippen LogP contribution is 2.27. The highest BCUT2D eigenvalue weighted by molar-refractivity contribution is 6.30. The molecule has 2 unspecified atom stereocenters. The first-order chi connectivity index (χ1) is 16.2. The fourth-order valence-electron chi connectivity index (χ4n) is 3.86. The number of rotatable bonds is 7. The molecule has 2 atom stereocenters. The molecule has 1 fully saturated rings. The van der Waals surface area contributed by atoms with Crippen molar-refractivity contribution in [2.45, 2.75) is 38.7 Å². The van der Waals surface area contributed by atoms with Gasteiger partial charge >= 0.3 is 6.18 Å². The second-order valence-corrected chi connectivity index (χ2v) is 8.72. The smallest absolute Gasteiger partial charge is 0.352 e. The molecule has 34 heavy (non-hydrogen) atoms. The molecule has 1 amide bonds. The standard InChI is InChI=1S/C23H24ClF3N6O/c1-14-12-33(13-18-9-17(24)6-7-28-18)32-20(14)8-15-2-4-16(5-3-15)10-29-22(34)19-11-30-31-21(19)23(25,26)27/h2-7,9,12,19,21,30-31H,8,10-11,13H2,1H3,(H,29,34). The number of nitrogens with one attached hydrogen (secondary N) is 3. The predicted octanol–water partition coefficient (Wildman–Crippen LogP) is 3.15. The Morgan fingerprint density at radius 2 is 1.97 bits per heavy atom. The van der Waals surface area contributed by atoms with Crippen LogP contribution in [0.4, 0.5) is 13.2 Å². The van der Waals surface area contributed by atoms with Crippen molar-refractivity contribution in [1.82, 2.24) is 30.9 Å². The number of hydrogen-bond acceptors (Lipinski definition) is 5. The van der Waals surface area contributed by atoms with Crippen molar-refractivity contribution in [3.63, 3.8) is 0 Å². The summed E-state index contributed by atoms with van der Waals surface area (Å²) in [6, 6.07) is 9.19. The first kappa shape index (κ1) is 24.2. The van der Waals surface area contributed by atoms with Gasteiger partial charge in [-0.2, -0.15) is 18.3 Å². The van der Waals surface area contributed by atoms with Crippen molar-refractivity contribution >= 4 is 17.5 Å². The van der Waals surface area contributed by atoms with Crippen LogP contribution in [0.2, 0.25) is 5.02 Å². The number of pyridine rings is 1. The predicted molar refractivity (Wildman–Crippen MR) is 121 cm³/mol. The van der Waals surface area contributed by atoms with Gasteiger partial charge < -0.3 is 5.32 Å². The lowest BCUT2D eigenvalue weighted by Gasteiger charge is -2.20. The molecule has 1 aromatic carbocycles. The van der Waals surface area contributed by atoms with Crippen LogP contribution in [-0.4, -0.2) is 39.4 Å². The second kappa shape index (κ2) is 10.1. The molecule has 0 saturated carbocycles. The third-order valence-electron chi connectivity index (χ3n) is 5.68. The van der Waals surface area contributed by atoms with Crippen LogP contribution in [0.5, 0.6) is 0 Å². The summed E-state index contributed by atoms with van der Waals surface area (Å²) in [5.74, 6) is -1.85. The zero-order chi connectivity index (χ0) is 24.3. The molecule has 3 aromatic rings. The Kier molecular flexibility index (Phi) is 7.20. The van der Waals surface area contributed by atoms with Crippen LogP contribution in [0.1, 0.15) is 28.1 Å². The van der Waals surface area contributed by atoms with Crippen LogP contribution in [0.15, 0.2) is 48.8 Å². The minimum atomic E-state index is -4.50. The molecular weight excluding hydrogens is 469 g/mol. The monoisotopic (exact) mass is 492 g/mol. The highest BCUT2D eigenvalue weighted by Gasteiger charge is 2.50. The summed E-state index contributed by atoms with van der Waals surface area (Å²) in [7, 11) is 0. The molecule has 0 radical (unpaired) electrons. The quantitative estimate of drug-likeness (QED) is 0.472. The normalized spacial score (nSPS) is 18.3. The van der Waals surface area contributed by atoms with Gasteiger partial charge in [0.05, 0.1) is 23.9 Å². The maximum atomic E-state index is 13.0. The van der Waals surface area contributed by atoms with Crippen LogP contribution in [0.25, 0.3) is 0 Å². The lowest BCUT2D eigenvalue weighted by Crippen LogP contribution is -2.48. The largest absolute Gasteiger partial charge is 0.405 e. The van der Waals surface area contributed by atoms with Gasteiger partial charge in [0.1, 0.15) is 6.04 Å². The summed E-state index contributed by atoms with van der Waals surface area (Å²) < 4.78 is 40.9. The summed E-state index contributed by atoms with van der Waals surface area (Å²) in [4.78, 5) is 16.6. The fraction of sp³-hybridized carbons (Fsp3) is 0.348. The molecular formula is C23H24ClF3N6O. The first-order valence-electron chi connectivity index (χ1n) is 10.7. The number of carbonyl (C=O) groups excluding carboxylic acids is 1. The topological polar surface area (TPSA) is 83.9 Å². The lowest BCUT2D eigenvalue weighted by molar-refractivity contribution is -0.166. The van der Waals surface area contributed by atoms with Crippen molar-refractivity contribution < 1.29 is 18.0 Å². The molecule has 1 aliphatic rings. The fourth-order valence-corrected chi connectivity index (χ4v) is 4.04. The number of aryl methyl sites for hydroxylation is 1. The molecule has 2 aromatic heterocycles. The summed E-state index contributed by atoms with van der Waals surface area (Å²) in [6.07, 6.45) is -0.248. The Morgan fingerprint density at radius 3 is 2.68 bits per heavy atom. The number of amides is 1. The number of nitrogens with zero attached hydrogens (tertiary/aromatic N) is 3. The van der Waals surface area contributed by atoms with Crippen LogP contribution >= 0.6 is 11.6 Å². The van der Waals surface area contributed by atoms with E-state index in [9.17, 15) is 18.0 Å². The van der Waals surface area contributed by atoms with E-state index < -0.39 is 24.0 Å². The van der Waals surface area contributed by atoms with Crippen LogP contribution < -0.4 is 16.2 Å². The number of benzene rings is 1. The highest BCUT2D eigenvalue weighted by atomic mass is 35.5. The Bertz CT molecular complexity index is 1150. The van der Waals surface area contributed by atoms with Gasteiger partial charge in [0.25, 0.3) is 0 Å². The summed E-state index contributed by atoms with van der Waals surface area (Å²) >= 11 is 6.02. The lowest BCUT2D eigenvalue weighted by atomic mass is 10.0. The van der Waals surface area contributed by atoms with Gasteiger partial charge in [0.2, 0.25) is 5.91 Å². The molecule has 1 saturated heterocycles. The van der Waals surface area contributed by atoms with E-state index in [1.54, 1.807) is 18.3 Å². The number of alkyl halides is 3. The molecule has 7 nitrogen and oxygen atoms in total. The summed E-state index contributed by atoms with van der Waals surface area (Å²) in [5.41, 5.74) is 9.17. The maximum Gasteiger partial charge on any atom is 0.405 e. The van der Waals surface area contributed by atoms with Crippen LogP contribution in [-0.2, 0) is 24.3 Å². The van der Waals surface area contributed by atoms with Gasteiger partial charge in [-0.25, -0.2) is 5.43 Å². The zero-order valence-electron chi connectivity index (χ0n) is 18.4. The van der Waals surface area contributed by atoms with E-state index in [1.165, 1.54) is 0 Å². The SMILES string of the molecule is Cc1cn(Cc2cc(Cl)ccn2)nc1Cc1ccc(CNC(=O)C2CNNC2C(F)(F)F)cc1. The third-order valence-corrected chi connectivity index (χ3v) is 5.92. The van der Waals surface area contributed by atoms with E-state index in [-0.39, 0.29) is 13.1 Å². The van der Waals surface area contributed by atoms with Crippen LogP contribution in [0, 0.1) is 12.8 Å². The van der Waals surface area contributed by atoms with Crippen molar-refractivity contribution in [2.24, 2.45) is 5.92 Å². The van der Waals surface area contributed by atoms with E-state index >= 15 is 0 Å². The van der Waals surface area contributed by atoms with Crippen LogP contribution in [0.3, 0.4) is 0 Å². The van der Waals surface area contributed by atoms with Gasteiger partial charge in [-0.1, -0.05) is 35.9 Å². The molecule has 180 valence electrons. The third kappa shape index (κ3) is 5.94. The average molecular weight is 493 g/mol. The minimum absolute atomic E-state index is 0.0751. The molecule has 0 spiro atoms. The number of carbonyl (C=O) groups is 1. The number of hydrogen-bond donors (Lipinski definition) is 3. The Balaban J connectivity index is 1.33. The zero-order valence-corrected chi connectivity index (χ0v) is 19.1. The van der Waals surface area contributed by atoms with Crippen molar-refractivity contribution in [2.75, 3.05) is 6.54 Å². The number of halogens is 4. The molecule has 3 heterocycles. The molecule has 0 aliphatic carbocycles. The molecule has 1 aliphatic heterocycles. The molecule has 4 rings (SSSR count). The second-order valence-electron chi connectivity index (χ2n) is 8.28. The van der Waals surface area contributed by atoms with E-state index in [2.05, 4.69) is 26.3 Å². The van der Waals surface area contributed by atoms with Gasteiger partial charge in [-0.15, -0.1) is 0 Å². The van der Waals surface area contributed by atoms with Crippen molar-refractivity contribution in [3.8, 4) is 0 Å². The Labute approximate surface area is 199 Å². The van der Waals surface area contributed by atoms with E-state index in [1.807, 2.05) is 42.1 Å². The van der Waals surface area contributed by atoms with Crippen molar-refractivity contribution in [1.29, 1.82) is 0 Å². The van der Waals surface area contributed by atoms with Gasteiger partial charge in [-0.3, -0.25) is 19.9 Å². The van der Waals surface area contributed by atoms with Gasteiger partial charge in [0, 0.05) is 36.9 Å². The van der Waals surface area contributed by atoms with Crippen molar-refractivity contribution in [3.05, 3.63) is 81.9 Å². The summed E-state index contributed by atoms with van der Waals surface area (Å²) in [5, 5.41) is 7.88. The van der Waals surface area contributed by atoms with Gasteiger partial charge in [-0.05, 0) is 35.7 Å². The molecule has 3 N–H and O–H groups in total. The maximum absolute atomic E-state index is 13.0. The minimum Gasteiger partial charge on any atom is -0.352 e.